The maximum atomic E-state index is 12.2. The van der Waals surface area contributed by atoms with Crippen molar-refractivity contribution in [1.82, 2.24) is 10.6 Å². The molecule has 0 bridgehead atoms. The molecule has 1 unspecified atom stereocenters. The highest BCUT2D eigenvalue weighted by molar-refractivity contribution is 7.99. The lowest BCUT2D eigenvalue weighted by Crippen LogP contribution is -2.37. The number of rotatable bonds is 4. The molecule has 1 atom stereocenters. The molecule has 1 fully saturated rings. The van der Waals surface area contributed by atoms with Gasteiger partial charge in [0.15, 0.2) is 0 Å². The third kappa shape index (κ3) is 4.16. The Balaban J connectivity index is 1.54. The molecule has 2 aliphatic rings. The first kappa shape index (κ1) is 16.1. The molecule has 0 radical (unpaired) electrons. The van der Waals surface area contributed by atoms with E-state index in [0.717, 1.165) is 43.7 Å². The predicted octanol–water partition coefficient (Wildman–Crippen LogP) is 2.76. The highest BCUT2D eigenvalue weighted by atomic mass is 35.5. The Bertz CT molecular complexity index is 535. The van der Waals surface area contributed by atoms with Crippen LogP contribution in [0.3, 0.4) is 0 Å². The Hall–Kier alpha value is -0.750. The number of hydrogen-bond donors (Lipinski definition) is 2. The summed E-state index contributed by atoms with van der Waals surface area (Å²) in [6.07, 6.45) is 3.09. The van der Waals surface area contributed by atoms with Gasteiger partial charge in [0.05, 0.1) is 12.1 Å². The molecule has 0 saturated carbocycles. The van der Waals surface area contributed by atoms with Crippen molar-refractivity contribution in [3.8, 4) is 0 Å². The summed E-state index contributed by atoms with van der Waals surface area (Å²) >= 11 is 7.90. The van der Waals surface area contributed by atoms with Crippen LogP contribution >= 0.6 is 23.4 Å². The number of nitrogens with one attached hydrogen (secondary N) is 2. The number of piperidine rings is 1. The number of halogens is 1. The van der Waals surface area contributed by atoms with Gasteiger partial charge >= 0.3 is 0 Å². The van der Waals surface area contributed by atoms with Crippen LogP contribution in [0.2, 0.25) is 5.02 Å². The number of hydrogen-bond acceptors (Lipinski definition) is 4. The molecule has 2 heterocycles. The van der Waals surface area contributed by atoms with Crippen molar-refractivity contribution in [1.29, 1.82) is 0 Å². The molecule has 1 aromatic rings. The molecular weight excluding hydrogens is 320 g/mol. The van der Waals surface area contributed by atoms with Crippen LogP contribution in [-0.4, -0.2) is 37.5 Å². The third-order valence-corrected chi connectivity index (χ3v) is 5.44. The fourth-order valence-corrected chi connectivity index (χ4v) is 4.19. The van der Waals surface area contributed by atoms with Crippen LogP contribution in [0.5, 0.6) is 0 Å². The van der Waals surface area contributed by atoms with Gasteiger partial charge in [-0.25, -0.2) is 0 Å². The predicted molar refractivity (Wildman–Crippen MR) is 89.5 cm³/mol. The normalized spacial score (nSPS) is 22.1. The summed E-state index contributed by atoms with van der Waals surface area (Å²) in [6.45, 7) is 2.08. The smallest absolute Gasteiger partial charge is 0.246 e. The first-order valence-electron chi connectivity index (χ1n) is 7.76. The van der Waals surface area contributed by atoms with Crippen LogP contribution in [0.4, 0.5) is 0 Å². The van der Waals surface area contributed by atoms with Gasteiger partial charge in [-0.2, -0.15) is 0 Å². The summed E-state index contributed by atoms with van der Waals surface area (Å²) in [4.78, 5) is 13.4. The third-order valence-electron chi connectivity index (χ3n) is 4.08. The van der Waals surface area contributed by atoms with Gasteiger partial charge in [0.1, 0.15) is 6.61 Å². The Morgan fingerprint density at radius 2 is 2.18 bits per heavy atom. The van der Waals surface area contributed by atoms with E-state index in [4.69, 9.17) is 16.3 Å². The average Bonchev–Trinajstić information content (AvgIpc) is 2.54. The highest BCUT2D eigenvalue weighted by Gasteiger charge is 2.23. The highest BCUT2D eigenvalue weighted by Crippen LogP contribution is 2.37. The van der Waals surface area contributed by atoms with Crippen molar-refractivity contribution in [3.05, 3.63) is 28.8 Å². The van der Waals surface area contributed by atoms with Gasteiger partial charge in [-0.3, -0.25) is 4.79 Å². The SMILES string of the molecule is O=C(COC1CCNCC1)NC1CCSc2ccc(Cl)cc21. The molecule has 3 rings (SSSR count). The molecule has 2 N–H and O–H groups in total. The van der Waals surface area contributed by atoms with Crippen molar-refractivity contribution in [2.45, 2.75) is 36.3 Å². The Morgan fingerprint density at radius 1 is 1.36 bits per heavy atom. The first-order chi connectivity index (χ1) is 10.7. The van der Waals surface area contributed by atoms with E-state index in [9.17, 15) is 4.79 Å². The minimum absolute atomic E-state index is 0.0404. The molecule has 1 saturated heterocycles. The number of carbonyl (C=O) groups is 1. The summed E-state index contributed by atoms with van der Waals surface area (Å²) in [5, 5.41) is 7.09. The topological polar surface area (TPSA) is 50.4 Å². The summed E-state index contributed by atoms with van der Waals surface area (Å²) in [6, 6.07) is 5.94. The van der Waals surface area contributed by atoms with Crippen LogP contribution in [0.15, 0.2) is 23.1 Å². The quantitative estimate of drug-likeness (QED) is 0.885. The lowest BCUT2D eigenvalue weighted by atomic mass is 10.0. The molecule has 0 aliphatic carbocycles. The Labute approximate surface area is 140 Å². The fraction of sp³-hybridized carbons (Fsp3) is 0.562. The van der Waals surface area contributed by atoms with Crippen LogP contribution in [0.1, 0.15) is 30.9 Å². The molecule has 0 spiro atoms. The number of fused-ring (bicyclic) bond motifs is 1. The number of thioether (sulfide) groups is 1. The largest absolute Gasteiger partial charge is 0.368 e. The molecule has 2 aliphatic heterocycles. The van der Waals surface area contributed by atoms with Crippen LogP contribution in [-0.2, 0) is 9.53 Å². The average molecular weight is 341 g/mol. The standard InChI is InChI=1S/C16H21ClN2O2S/c17-11-1-2-15-13(9-11)14(5-8-22-15)19-16(20)10-21-12-3-6-18-7-4-12/h1-2,9,12,14,18H,3-8,10H2,(H,19,20). The van der Waals surface area contributed by atoms with Crippen LogP contribution < -0.4 is 10.6 Å². The molecule has 120 valence electrons. The summed E-state index contributed by atoms with van der Waals surface area (Å²) < 4.78 is 5.71. The lowest BCUT2D eigenvalue weighted by molar-refractivity contribution is -0.129. The van der Waals surface area contributed by atoms with Gasteiger partial charge in [-0.1, -0.05) is 11.6 Å². The zero-order valence-corrected chi connectivity index (χ0v) is 14.0. The molecule has 6 heteroatoms. The van der Waals surface area contributed by atoms with Gasteiger partial charge in [0.25, 0.3) is 0 Å². The minimum atomic E-state index is -0.0404. The van der Waals surface area contributed by atoms with Gasteiger partial charge in [-0.15, -0.1) is 11.8 Å². The van der Waals surface area contributed by atoms with E-state index in [1.54, 1.807) is 0 Å². The molecule has 0 aromatic heterocycles. The zero-order chi connectivity index (χ0) is 15.4. The van der Waals surface area contributed by atoms with E-state index >= 15 is 0 Å². The van der Waals surface area contributed by atoms with E-state index in [1.165, 1.54) is 4.90 Å². The summed E-state index contributed by atoms with van der Waals surface area (Å²) in [7, 11) is 0. The zero-order valence-electron chi connectivity index (χ0n) is 12.4. The number of benzene rings is 1. The van der Waals surface area contributed by atoms with E-state index in [2.05, 4.69) is 10.6 Å². The summed E-state index contributed by atoms with van der Waals surface area (Å²) in [5.41, 5.74) is 1.12. The van der Waals surface area contributed by atoms with E-state index in [-0.39, 0.29) is 24.7 Å². The first-order valence-corrected chi connectivity index (χ1v) is 9.12. The molecule has 4 nitrogen and oxygen atoms in total. The Morgan fingerprint density at radius 3 is 3.00 bits per heavy atom. The Kier molecular flexibility index (Phi) is 5.63. The van der Waals surface area contributed by atoms with E-state index in [0.29, 0.717) is 5.02 Å². The van der Waals surface area contributed by atoms with E-state index in [1.807, 2.05) is 30.0 Å². The van der Waals surface area contributed by atoms with Crippen molar-refractivity contribution in [2.24, 2.45) is 0 Å². The molecule has 1 aromatic carbocycles. The lowest BCUT2D eigenvalue weighted by Gasteiger charge is -2.27. The second-order valence-corrected chi connectivity index (χ2v) is 7.27. The van der Waals surface area contributed by atoms with Gasteiger partial charge in [0.2, 0.25) is 5.91 Å². The number of ether oxygens (including phenoxy) is 1. The van der Waals surface area contributed by atoms with Crippen LogP contribution in [0, 0.1) is 0 Å². The van der Waals surface area contributed by atoms with Gasteiger partial charge < -0.3 is 15.4 Å². The molecule has 1 amide bonds. The fourth-order valence-electron chi connectivity index (χ4n) is 2.91. The van der Waals surface area contributed by atoms with Crippen molar-refractivity contribution < 1.29 is 9.53 Å². The monoisotopic (exact) mass is 340 g/mol. The van der Waals surface area contributed by atoms with Crippen LogP contribution in [0.25, 0.3) is 0 Å². The van der Waals surface area contributed by atoms with E-state index < -0.39 is 0 Å². The van der Waals surface area contributed by atoms with Crippen molar-refractivity contribution in [3.63, 3.8) is 0 Å². The molecular formula is C16H21ClN2O2S. The summed E-state index contributed by atoms with van der Waals surface area (Å²) in [5.74, 6) is 0.968. The maximum absolute atomic E-state index is 12.2. The second-order valence-electron chi connectivity index (χ2n) is 5.70. The maximum Gasteiger partial charge on any atom is 0.246 e. The van der Waals surface area contributed by atoms with Gasteiger partial charge in [-0.05, 0) is 56.1 Å². The number of carbonyl (C=O) groups excluding carboxylic acids is 1. The number of amides is 1. The minimum Gasteiger partial charge on any atom is -0.368 e. The molecule has 22 heavy (non-hydrogen) atoms. The van der Waals surface area contributed by atoms with Crippen molar-refractivity contribution in [2.75, 3.05) is 25.4 Å². The second kappa shape index (κ2) is 7.68. The van der Waals surface area contributed by atoms with Crippen molar-refractivity contribution >= 4 is 29.3 Å². The van der Waals surface area contributed by atoms with Gasteiger partial charge in [0, 0.05) is 15.7 Å².